The molecule has 21 heavy (non-hydrogen) atoms. The third-order valence-electron chi connectivity index (χ3n) is 3.32. The quantitative estimate of drug-likeness (QED) is 0.817. The molecule has 5 heteroatoms. The van der Waals surface area contributed by atoms with Crippen LogP contribution >= 0.6 is 27.5 Å². The van der Waals surface area contributed by atoms with E-state index in [-0.39, 0.29) is 11.9 Å². The van der Waals surface area contributed by atoms with E-state index in [2.05, 4.69) is 21.2 Å². The minimum absolute atomic E-state index is 0.0143. The van der Waals surface area contributed by atoms with Crippen LogP contribution in [0.25, 0.3) is 0 Å². The summed E-state index contributed by atoms with van der Waals surface area (Å²) >= 11 is 9.60. The third kappa shape index (κ3) is 3.96. The van der Waals surface area contributed by atoms with Gasteiger partial charge in [-0.05, 0) is 59.2 Å². The van der Waals surface area contributed by atoms with Crippen LogP contribution in [0, 0.1) is 5.82 Å². The van der Waals surface area contributed by atoms with Crippen LogP contribution < -0.4 is 10.1 Å². The average Bonchev–Trinajstić information content (AvgIpc) is 2.46. The summed E-state index contributed by atoms with van der Waals surface area (Å²) in [6.45, 7) is 0. The Labute approximate surface area is 137 Å². The first-order chi connectivity index (χ1) is 10.0. The largest absolute Gasteiger partial charge is 0.495 e. The first kappa shape index (κ1) is 16.3. The second-order valence-electron chi connectivity index (χ2n) is 4.68. The maximum Gasteiger partial charge on any atom is 0.137 e. The zero-order chi connectivity index (χ0) is 15.4. The van der Waals surface area contributed by atoms with E-state index in [0.717, 1.165) is 21.3 Å². The lowest BCUT2D eigenvalue weighted by Crippen LogP contribution is -2.19. The fourth-order valence-electron chi connectivity index (χ4n) is 2.28. The van der Waals surface area contributed by atoms with Crippen LogP contribution in [0.2, 0.25) is 5.02 Å². The second kappa shape index (κ2) is 7.25. The van der Waals surface area contributed by atoms with Crippen molar-refractivity contribution in [3.63, 3.8) is 0 Å². The summed E-state index contributed by atoms with van der Waals surface area (Å²) in [5, 5.41) is 3.89. The Balaban J connectivity index is 2.35. The number of likely N-dealkylation sites (N-methyl/N-ethyl adjacent to an activating group) is 1. The third-order valence-corrected chi connectivity index (χ3v) is 4.13. The summed E-state index contributed by atoms with van der Waals surface area (Å²) in [6.07, 6.45) is 0.708. The summed E-state index contributed by atoms with van der Waals surface area (Å²) in [4.78, 5) is 0. The standard InChI is InChI=1S/C16H16BrClFNO/c1-20-15(7-10-3-5-12(19)6-4-10)13-8-11(18)9-14(17)16(13)21-2/h3-6,8-9,15,20H,7H2,1-2H3. The molecule has 2 aromatic carbocycles. The van der Waals surface area contributed by atoms with Crippen LogP contribution in [0.1, 0.15) is 17.2 Å². The maximum absolute atomic E-state index is 13.0. The minimum Gasteiger partial charge on any atom is -0.495 e. The second-order valence-corrected chi connectivity index (χ2v) is 5.97. The van der Waals surface area contributed by atoms with Crippen molar-refractivity contribution in [3.05, 3.63) is 62.8 Å². The van der Waals surface area contributed by atoms with Crippen molar-refractivity contribution in [1.29, 1.82) is 0 Å². The minimum atomic E-state index is -0.233. The first-order valence-electron chi connectivity index (χ1n) is 6.49. The van der Waals surface area contributed by atoms with Gasteiger partial charge in [-0.3, -0.25) is 0 Å². The molecular formula is C16H16BrClFNO. The Morgan fingerprint density at radius 3 is 2.52 bits per heavy atom. The molecule has 2 aromatic rings. The fourth-order valence-corrected chi connectivity index (χ4v) is 3.27. The van der Waals surface area contributed by atoms with Crippen molar-refractivity contribution in [3.8, 4) is 5.75 Å². The predicted octanol–water partition coefficient (Wildman–Crippen LogP) is 4.75. The van der Waals surface area contributed by atoms with Crippen LogP contribution in [0.15, 0.2) is 40.9 Å². The van der Waals surface area contributed by atoms with Gasteiger partial charge in [0.15, 0.2) is 0 Å². The van der Waals surface area contributed by atoms with Crippen molar-refractivity contribution in [2.24, 2.45) is 0 Å². The number of hydrogen-bond acceptors (Lipinski definition) is 2. The Hall–Kier alpha value is -1.10. The predicted molar refractivity (Wildman–Crippen MR) is 87.6 cm³/mol. The topological polar surface area (TPSA) is 21.3 Å². The molecule has 0 aliphatic carbocycles. The van der Waals surface area contributed by atoms with E-state index in [4.69, 9.17) is 16.3 Å². The highest BCUT2D eigenvalue weighted by Crippen LogP contribution is 2.37. The van der Waals surface area contributed by atoms with Gasteiger partial charge in [0.05, 0.1) is 11.6 Å². The Morgan fingerprint density at radius 2 is 1.95 bits per heavy atom. The monoisotopic (exact) mass is 371 g/mol. The maximum atomic E-state index is 13.0. The van der Waals surface area contributed by atoms with Crippen LogP contribution in [-0.4, -0.2) is 14.2 Å². The molecule has 0 aliphatic rings. The lowest BCUT2D eigenvalue weighted by Gasteiger charge is -2.21. The van der Waals surface area contributed by atoms with Gasteiger partial charge in [0, 0.05) is 16.6 Å². The Morgan fingerprint density at radius 1 is 1.29 bits per heavy atom. The highest BCUT2D eigenvalue weighted by Gasteiger charge is 2.18. The molecule has 0 radical (unpaired) electrons. The number of halogens is 3. The Kier molecular flexibility index (Phi) is 5.62. The van der Waals surface area contributed by atoms with Crippen molar-refractivity contribution in [2.45, 2.75) is 12.5 Å². The zero-order valence-electron chi connectivity index (χ0n) is 11.8. The first-order valence-corrected chi connectivity index (χ1v) is 7.67. The number of methoxy groups -OCH3 is 1. The van der Waals surface area contributed by atoms with Gasteiger partial charge in [-0.15, -0.1) is 0 Å². The molecule has 0 bridgehead atoms. The van der Waals surface area contributed by atoms with E-state index in [1.807, 2.05) is 13.1 Å². The molecule has 0 fully saturated rings. The van der Waals surface area contributed by atoms with Gasteiger partial charge in [0.2, 0.25) is 0 Å². The highest BCUT2D eigenvalue weighted by molar-refractivity contribution is 9.10. The molecule has 0 aromatic heterocycles. The van der Waals surface area contributed by atoms with Gasteiger partial charge >= 0.3 is 0 Å². The van der Waals surface area contributed by atoms with Crippen LogP contribution in [0.5, 0.6) is 5.75 Å². The van der Waals surface area contributed by atoms with Gasteiger partial charge < -0.3 is 10.1 Å². The molecule has 1 atom stereocenters. The number of rotatable bonds is 5. The van der Waals surface area contributed by atoms with Crippen molar-refractivity contribution >= 4 is 27.5 Å². The van der Waals surface area contributed by atoms with Crippen LogP contribution in [0.3, 0.4) is 0 Å². The zero-order valence-corrected chi connectivity index (χ0v) is 14.1. The van der Waals surface area contributed by atoms with Gasteiger partial charge in [-0.25, -0.2) is 4.39 Å². The van der Waals surface area contributed by atoms with E-state index in [0.29, 0.717) is 11.4 Å². The number of ether oxygens (including phenoxy) is 1. The van der Waals surface area contributed by atoms with E-state index in [9.17, 15) is 4.39 Å². The van der Waals surface area contributed by atoms with Crippen molar-refractivity contribution in [2.75, 3.05) is 14.2 Å². The summed E-state index contributed by atoms with van der Waals surface area (Å²) in [5.74, 6) is 0.517. The number of benzene rings is 2. The normalized spacial score (nSPS) is 12.2. The molecule has 0 amide bonds. The van der Waals surface area contributed by atoms with E-state index in [1.165, 1.54) is 12.1 Å². The van der Waals surface area contributed by atoms with Gasteiger partial charge in [-0.1, -0.05) is 23.7 Å². The molecule has 2 rings (SSSR count). The molecule has 0 saturated carbocycles. The molecule has 0 aliphatic heterocycles. The molecule has 1 N–H and O–H groups in total. The van der Waals surface area contributed by atoms with Gasteiger partial charge in [-0.2, -0.15) is 0 Å². The lowest BCUT2D eigenvalue weighted by atomic mass is 9.98. The van der Waals surface area contributed by atoms with Crippen LogP contribution in [-0.2, 0) is 6.42 Å². The molecule has 0 heterocycles. The van der Waals surface area contributed by atoms with Gasteiger partial charge in [0.1, 0.15) is 11.6 Å². The summed E-state index contributed by atoms with van der Waals surface area (Å²) < 4.78 is 19.3. The number of hydrogen-bond donors (Lipinski definition) is 1. The number of nitrogens with one attached hydrogen (secondary N) is 1. The Bertz CT molecular complexity index is 618. The van der Waals surface area contributed by atoms with Gasteiger partial charge in [0.25, 0.3) is 0 Å². The SMILES string of the molecule is CNC(Cc1ccc(F)cc1)c1cc(Cl)cc(Br)c1OC. The molecular weight excluding hydrogens is 357 g/mol. The molecule has 1 unspecified atom stereocenters. The van der Waals surface area contributed by atoms with E-state index < -0.39 is 0 Å². The van der Waals surface area contributed by atoms with Crippen molar-refractivity contribution in [1.82, 2.24) is 5.32 Å². The molecule has 112 valence electrons. The lowest BCUT2D eigenvalue weighted by molar-refractivity contribution is 0.398. The average molecular weight is 373 g/mol. The van der Waals surface area contributed by atoms with E-state index in [1.54, 1.807) is 25.3 Å². The summed E-state index contributed by atoms with van der Waals surface area (Å²) in [5.41, 5.74) is 2.00. The fraction of sp³-hybridized carbons (Fsp3) is 0.250. The summed E-state index contributed by atoms with van der Waals surface area (Å²) in [6, 6.07) is 10.2. The van der Waals surface area contributed by atoms with Crippen LogP contribution in [0.4, 0.5) is 4.39 Å². The molecule has 2 nitrogen and oxygen atoms in total. The molecule has 0 saturated heterocycles. The summed E-state index contributed by atoms with van der Waals surface area (Å²) in [7, 11) is 3.50. The van der Waals surface area contributed by atoms with E-state index >= 15 is 0 Å². The smallest absolute Gasteiger partial charge is 0.137 e. The van der Waals surface area contributed by atoms with Crippen molar-refractivity contribution < 1.29 is 9.13 Å². The highest BCUT2D eigenvalue weighted by atomic mass is 79.9. The molecule has 0 spiro atoms.